The van der Waals surface area contributed by atoms with Gasteiger partial charge in [0.25, 0.3) is 0 Å². The summed E-state index contributed by atoms with van der Waals surface area (Å²) in [6, 6.07) is 15.8. The Hall–Kier alpha value is -3.21. The molecule has 0 bridgehead atoms. The summed E-state index contributed by atoms with van der Waals surface area (Å²) in [6.07, 6.45) is 3.77. The Morgan fingerprint density at radius 1 is 1.00 bits per heavy atom. The lowest BCUT2D eigenvalue weighted by Crippen LogP contribution is -1.91. The number of fused-ring (bicyclic) bond motifs is 2. The molecular weight excluding hydrogens is 300 g/mol. The van der Waals surface area contributed by atoms with Crippen LogP contribution in [0.5, 0.6) is 5.75 Å². The Morgan fingerprint density at radius 3 is 2.71 bits per heavy atom. The van der Waals surface area contributed by atoms with E-state index in [1.54, 1.807) is 7.11 Å². The highest BCUT2D eigenvalue weighted by molar-refractivity contribution is 5.86. The molecule has 0 fully saturated rings. The van der Waals surface area contributed by atoms with Gasteiger partial charge in [-0.2, -0.15) is 0 Å². The number of hydrogen-bond acceptors (Lipinski definition) is 4. The first-order valence-corrected chi connectivity index (χ1v) is 7.69. The molecule has 5 heteroatoms. The number of aryl methyl sites for hydroxylation is 1. The summed E-state index contributed by atoms with van der Waals surface area (Å²) in [5.41, 5.74) is 3.58. The molecule has 5 nitrogen and oxygen atoms in total. The SMILES string of the molecule is COc1cc(C=Cc2nc3cccc(C)n3n2)nc2ccccc12. The summed E-state index contributed by atoms with van der Waals surface area (Å²) in [6.45, 7) is 2.00. The maximum atomic E-state index is 5.47. The molecule has 0 spiro atoms. The normalized spacial score (nSPS) is 11.6. The fourth-order valence-corrected chi connectivity index (χ4v) is 2.70. The van der Waals surface area contributed by atoms with E-state index in [4.69, 9.17) is 4.74 Å². The number of rotatable bonds is 3. The third-order valence-corrected chi connectivity index (χ3v) is 3.89. The van der Waals surface area contributed by atoms with Crippen LogP contribution in [0.4, 0.5) is 0 Å². The van der Waals surface area contributed by atoms with Gasteiger partial charge in [0.05, 0.1) is 18.3 Å². The first-order chi connectivity index (χ1) is 11.7. The lowest BCUT2D eigenvalue weighted by Gasteiger charge is -2.06. The number of methoxy groups -OCH3 is 1. The molecule has 24 heavy (non-hydrogen) atoms. The standard InChI is InChI=1S/C19H16N4O/c1-13-6-5-9-19-21-18(22-23(13)19)11-10-14-12-17(24-2)15-7-3-4-8-16(15)20-14/h3-12H,1-2H3. The van der Waals surface area contributed by atoms with Crippen molar-refractivity contribution < 1.29 is 4.74 Å². The Balaban J connectivity index is 1.74. The van der Waals surface area contributed by atoms with E-state index in [1.165, 1.54) is 0 Å². The van der Waals surface area contributed by atoms with Gasteiger partial charge in [0.1, 0.15) is 5.75 Å². The average molecular weight is 316 g/mol. The smallest absolute Gasteiger partial charge is 0.175 e. The van der Waals surface area contributed by atoms with E-state index in [-0.39, 0.29) is 0 Å². The minimum atomic E-state index is 0.651. The van der Waals surface area contributed by atoms with Crippen molar-refractivity contribution in [2.45, 2.75) is 6.92 Å². The third kappa shape index (κ3) is 2.50. The van der Waals surface area contributed by atoms with Crippen LogP contribution in [0.1, 0.15) is 17.2 Å². The molecule has 0 amide bonds. The van der Waals surface area contributed by atoms with Gasteiger partial charge in [0, 0.05) is 17.1 Å². The highest BCUT2D eigenvalue weighted by atomic mass is 16.5. The molecule has 4 rings (SSSR count). The molecule has 0 saturated carbocycles. The van der Waals surface area contributed by atoms with Gasteiger partial charge in [-0.3, -0.25) is 0 Å². The van der Waals surface area contributed by atoms with Crippen molar-refractivity contribution in [2.24, 2.45) is 0 Å². The number of para-hydroxylation sites is 1. The van der Waals surface area contributed by atoms with Gasteiger partial charge in [-0.1, -0.05) is 18.2 Å². The van der Waals surface area contributed by atoms with E-state index in [9.17, 15) is 0 Å². The first-order valence-electron chi connectivity index (χ1n) is 7.69. The summed E-state index contributed by atoms with van der Waals surface area (Å²) in [5.74, 6) is 1.46. The highest BCUT2D eigenvalue weighted by Crippen LogP contribution is 2.25. The van der Waals surface area contributed by atoms with Crippen LogP contribution in [0.25, 0.3) is 28.7 Å². The predicted molar refractivity (Wildman–Crippen MR) is 94.9 cm³/mol. The largest absolute Gasteiger partial charge is 0.496 e. The van der Waals surface area contributed by atoms with Crippen LogP contribution >= 0.6 is 0 Å². The number of benzene rings is 1. The van der Waals surface area contributed by atoms with E-state index >= 15 is 0 Å². The first kappa shape index (κ1) is 14.4. The topological polar surface area (TPSA) is 52.3 Å². The molecule has 0 radical (unpaired) electrons. The fourth-order valence-electron chi connectivity index (χ4n) is 2.70. The van der Waals surface area contributed by atoms with Crippen molar-refractivity contribution in [1.82, 2.24) is 19.6 Å². The zero-order chi connectivity index (χ0) is 16.5. The van der Waals surface area contributed by atoms with Crippen LogP contribution in [-0.4, -0.2) is 26.7 Å². The maximum absolute atomic E-state index is 5.47. The Morgan fingerprint density at radius 2 is 1.88 bits per heavy atom. The summed E-state index contributed by atoms with van der Waals surface area (Å²) < 4.78 is 7.30. The number of ether oxygens (including phenoxy) is 1. The number of aromatic nitrogens is 4. The summed E-state index contributed by atoms with van der Waals surface area (Å²) in [4.78, 5) is 9.14. The molecule has 1 aromatic carbocycles. The molecule has 0 aliphatic carbocycles. The second kappa shape index (κ2) is 5.77. The van der Waals surface area contributed by atoms with E-state index in [0.29, 0.717) is 5.82 Å². The second-order valence-electron chi connectivity index (χ2n) is 5.51. The molecule has 0 atom stereocenters. The van der Waals surface area contributed by atoms with Crippen LogP contribution in [0.15, 0.2) is 48.5 Å². The van der Waals surface area contributed by atoms with E-state index < -0.39 is 0 Å². The number of pyridine rings is 2. The Labute approximate surface area is 139 Å². The van der Waals surface area contributed by atoms with Crippen LogP contribution in [0.2, 0.25) is 0 Å². The van der Waals surface area contributed by atoms with Gasteiger partial charge in [-0.25, -0.2) is 14.5 Å². The molecular formula is C19H16N4O. The fraction of sp³-hybridized carbons (Fsp3) is 0.105. The summed E-state index contributed by atoms with van der Waals surface area (Å²) in [5, 5.41) is 5.49. The van der Waals surface area contributed by atoms with Crippen molar-refractivity contribution in [3.05, 3.63) is 65.7 Å². The van der Waals surface area contributed by atoms with Gasteiger partial charge in [0.2, 0.25) is 0 Å². The lowest BCUT2D eigenvalue weighted by molar-refractivity contribution is 0.419. The highest BCUT2D eigenvalue weighted by Gasteiger charge is 2.05. The monoisotopic (exact) mass is 316 g/mol. The van der Waals surface area contributed by atoms with Gasteiger partial charge in [-0.15, -0.1) is 5.10 Å². The molecule has 0 N–H and O–H groups in total. The van der Waals surface area contributed by atoms with Gasteiger partial charge in [0.15, 0.2) is 11.5 Å². The van der Waals surface area contributed by atoms with Gasteiger partial charge in [-0.05, 0) is 43.3 Å². The van der Waals surface area contributed by atoms with Crippen molar-refractivity contribution in [2.75, 3.05) is 7.11 Å². The molecule has 4 aromatic rings. The van der Waals surface area contributed by atoms with Crippen LogP contribution < -0.4 is 4.74 Å². The zero-order valence-corrected chi connectivity index (χ0v) is 13.5. The third-order valence-electron chi connectivity index (χ3n) is 3.89. The van der Waals surface area contributed by atoms with Crippen molar-refractivity contribution in [3.63, 3.8) is 0 Å². The minimum absolute atomic E-state index is 0.651. The summed E-state index contributed by atoms with van der Waals surface area (Å²) >= 11 is 0. The molecule has 3 heterocycles. The van der Waals surface area contributed by atoms with E-state index in [1.807, 2.05) is 72.1 Å². The van der Waals surface area contributed by atoms with Crippen LogP contribution in [0, 0.1) is 6.92 Å². The number of hydrogen-bond donors (Lipinski definition) is 0. The Bertz CT molecular complexity index is 1070. The molecule has 0 saturated heterocycles. The van der Waals surface area contributed by atoms with Crippen molar-refractivity contribution >= 4 is 28.7 Å². The van der Waals surface area contributed by atoms with Crippen molar-refractivity contribution in [3.8, 4) is 5.75 Å². The number of nitrogens with zero attached hydrogens (tertiary/aromatic N) is 4. The molecule has 0 aliphatic rings. The van der Waals surface area contributed by atoms with Gasteiger partial charge < -0.3 is 4.74 Å². The summed E-state index contributed by atoms with van der Waals surface area (Å²) in [7, 11) is 1.67. The maximum Gasteiger partial charge on any atom is 0.175 e. The van der Waals surface area contributed by atoms with E-state index in [2.05, 4.69) is 15.1 Å². The van der Waals surface area contributed by atoms with Crippen molar-refractivity contribution in [1.29, 1.82) is 0 Å². The molecule has 118 valence electrons. The van der Waals surface area contributed by atoms with Crippen LogP contribution in [-0.2, 0) is 0 Å². The van der Waals surface area contributed by atoms with Crippen LogP contribution in [0.3, 0.4) is 0 Å². The minimum Gasteiger partial charge on any atom is -0.496 e. The quantitative estimate of drug-likeness (QED) is 0.577. The molecule has 0 unspecified atom stereocenters. The Kier molecular flexibility index (Phi) is 3.46. The molecule has 0 aliphatic heterocycles. The van der Waals surface area contributed by atoms with Gasteiger partial charge >= 0.3 is 0 Å². The lowest BCUT2D eigenvalue weighted by atomic mass is 10.2. The predicted octanol–water partition coefficient (Wildman–Crippen LogP) is 3.76. The zero-order valence-electron chi connectivity index (χ0n) is 13.5. The van der Waals surface area contributed by atoms with E-state index in [0.717, 1.165) is 33.7 Å². The average Bonchev–Trinajstić information content (AvgIpc) is 3.04. The molecule has 3 aromatic heterocycles. The second-order valence-corrected chi connectivity index (χ2v) is 5.51.